The third kappa shape index (κ3) is 5.77. The first kappa shape index (κ1) is 25.5. The summed E-state index contributed by atoms with van der Waals surface area (Å²) in [4.78, 5) is 42.6. The van der Waals surface area contributed by atoms with Crippen molar-refractivity contribution in [2.45, 2.75) is 25.8 Å². The molecule has 2 aromatic carbocycles. The van der Waals surface area contributed by atoms with Crippen molar-refractivity contribution in [1.82, 2.24) is 4.90 Å². The number of thiophene rings is 1. The Kier molecular flexibility index (Phi) is 8.07. The number of carbonyl (C=O) groups is 3. The van der Waals surface area contributed by atoms with Gasteiger partial charge >= 0.3 is 5.97 Å². The summed E-state index contributed by atoms with van der Waals surface area (Å²) in [5.74, 6) is -1.58. The fourth-order valence-corrected chi connectivity index (χ4v) is 5.00. The monoisotopic (exact) mass is 525 g/mol. The molecule has 1 fully saturated rings. The topological polar surface area (TPSA) is 78.9 Å². The highest BCUT2D eigenvalue weighted by atomic mass is 32.1. The summed E-state index contributed by atoms with van der Waals surface area (Å²) in [5.41, 5.74) is 1.30. The van der Waals surface area contributed by atoms with Crippen molar-refractivity contribution in [3.8, 4) is 0 Å². The number of amides is 2. The predicted molar refractivity (Wildman–Crippen MR) is 141 cm³/mol. The van der Waals surface area contributed by atoms with E-state index in [0.29, 0.717) is 35.0 Å². The lowest BCUT2D eigenvalue weighted by Crippen LogP contribution is -2.39. The highest BCUT2D eigenvalue weighted by Crippen LogP contribution is 2.28. The van der Waals surface area contributed by atoms with Crippen molar-refractivity contribution in [2.24, 2.45) is 0 Å². The van der Waals surface area contributed by atoms with Gasteiger partial charge in [-0.05, 0) is 85.5 Å². The highest BCUT2D eigenvalue weighted by molar-refractivity contribution is 7.80. The number of nitrogens with zero attached hydrogens (tertiary/aromatic N) is 2. The van der Waals surface area contributed by atoms with E-state index in [1.807, 2.05) is 17.5 Å². The fraction of sp³-hybridized carbons (Fsp3) is 0.231. The van der Waals surface area contributed by atoms with E-state index in [1.54, 1.807) is 47.4 Å². The SMILES string of the molecule is CCOC(=O)c1ccc(N2C(=O)[C@H](CC(=O)Nc3ccc(F)cc3)N(CCc3cccs3)C2=S)cc1. The van der Waals surface area contributed by atoms with Crippen molar-refractivity contribution in [1.29, 1.82) is 0 Å². The first-order valence-electron chi connectivity index (χ1n) is 11.4. The zero-order valence-corrected chi connectivity index (χ0v) is 21.1. The second-order valence-corrected chi connectivity index (χ2v) is 9.42. The molecule has 0 saturated carbocycles. The molecule has 4 rings (SSSR count). The number of halogens is 1. The standard InChI is InChI=1S/C26H24FN3O4S2/c1-2-34-25(33)17-5-11-20(12-6-17)30-24(32)22(16-23(31)28-19-9-7-18(27)8-10-19)29(26(30)35)14-13-21-4-3-15-36-21/h3-12,15,22H,2,13-14,16H2,1H3,(H,28,31)/t22-/m0/s1. The maximum atomic E-state index is 13.5. The number of hydrogen-bond acceptors (Lipinski definition) is 6. The van der Waals surface area contributed by atoms with Gasteiger partial charge in [0.05, 0.1) is 24.3 Å². The van der Waals surface area contributed by atoms with E-state index in [2.05, 4.69) is 5.32 Å². The van der Waals surface area contributed by atoms with E-state index in [4.69, 9.17) is 17.0 Å². The molecule has 0 aliphatic carbocycles. The molecule has 36 heavy (non-hydrogen) atoms. The van der Waals surface area contributed by atoms with Gasteiger partial charge < -0.3 is 15.0 Å². The van der Waals surface area contributed by atoms with Crippen LogP contribution in [0.25, 0.3) is 0 Å². The molecule has 10 heteroatoms. The van der Waals surface area contributed by atoms with Crippen molar-refractivity contribution < 1.29 is 23.5 Å². The Morgan fingerprint density at radius 2 is 1.83 bits per heavy atom. The van der Waals surface area contributed by atoms with Crippen LogP contribution in [0.4, 0.5) is 15.8 Å². The molecule has 0 radical (unpaired) electrons. The average Bonchev–Trinajstić information content (AvgIpc) is 3.46. The molecule has 3 aromatic rings. The number of anilines is 2. The zero-order valence-electron chi connectivity index (χ0n) is 19.5. The summed E-state index contributed by atoms with van der Waals surface area (Å²) in [6, 6.07) is 15.0. The van der Waals surface area contributed by atoms with Crippen LogP contribution in [0.1, 0.15) is 28.6 Å². The number of ether oxygens (including phenoxy) is 1. The van der Waals surface area contributed by atoms with Gasteiger partial charge in [-0.2, -0.15) is 0 Å². The smallest absolute Gasteiger partial charge is 0.338 e. The molecule has 0 unspecified atom stereocenters. The number of nitrogens with one attached hydrogen (secondary N) is 1. The maximum absolute atomic E-state index is 13.5. The van der Waals surface area contributed by atoms with Crippen molar-refractivity contribution in [3.63, 3.8) is 0 Å². The molecule has 0 bridgehead atoms. The Morgan fingerprint density at radius 1 is 1.11 bits per heavy atom. The molecule has 1 aliphatic heterocycles. The molecule has 0 spiro atoms. The summed E-state index contributed by atoms with van der Waals surface area (Å²) < 4.78 is 18.2. The van der Waals surface area contributed by atoms with Crippen LogP contribution < -0.4 is 10.2 Å². The molecule has 1 atom stereocenters. The van der Waals surface area contributed by atoms with Gasteiger partial charge in [-0.15, -0.1) is 11.3 Å². The van der Waals surface area contributed by atoms with Gasteiger partial charge in [-0.1, -0.05) is 6.07 Å². The average molecular weight is 526 g/mol. The van der Waals surface area contributed by atoms with Crippen LogP contribution in [-0.4, -0.2) is 47.0 Å². The fourth-order valence-electron chi connectivity index (χ4n) is 3.89. The van der Waals surface area contributed by atoms with Crippen molar-refractivity contribution in [3.05, 3.63) is 82.3 Å². The maximum Gasteiger partial charge on any atom is 0.338 e. The molecule has 7 nitrogen and oxygen atoms in total. The van der Waals surface area contributed by atoms with Gasteiger partial charge in [0.1, 0.15) is 11.9 Å². The van der Waals surface area contributed by atoms with Crippen LogP contribution in [0.2, 0.25) is 0 Å². The molecular formula is C26H24FN3O4S2. The minimum absolute atomic E-state index is 0.127. The number of hydrogen-bond donors (Lipinski definition) is 1. The van der Waals surface area contributed by atoms with E-state index in [1.165, 1.54) is 29.2 Å². The van der Waals surface area contributed by atoms with E-state index in [0.717, 1.165) is 4.88 Å². The summed E-state index contributed by atoms with van der Waals surface area (Å²) >= 11 is 7.29. The number of benzene rings is 2. The minimum atomic E-state index is -0.803. The van der Waals surface area contributed by atoms with Gasteiger partial charge in [-0.25, -0.2) is 9.18 Å². The number of thiocarbonyl (C=S) groups is 1. The van der Waals surface area contributed by atoms with E-state index in [-0.39, 0.29) is 24.8 Å². The second kappa shape index (κ2) is 11.4. The molecule has 1 saturated heterocycles. The molecule has 186 valence electrons. The Bertz CT molecular complexity index is 1250. The lowest BCUT2D eigenvalue weighted by Gasteiger charge is -2.23. The van der Waals surface area contributed by atoms with E-state index < -0.39 is 17.8 Å². The van der Waals surface area contributed by atoms with Gasteiger partial charge in [0.2, 0.25) is 5.91 Å². The summed E-state index contributed by atoms with van der Waals surface area (Å²) in [5, 5.41) is 4.98. The predicted octanol–water partition coefficient (Wildman–Crippen LogP) is 4.64. The van der Waals surface area contributed by atoms with Crippen LogP contribution in [0, 0.1) is 5.82 Å². The normalized spacial score (nSPS) is 15.3. The van der Waals surface area contributed by atoms with Gasteiger partial charge in [-0.3, -0.25) is 14.5 Å². The van der Waals surface area contributed by atoms with Crippen LogP contribution in [0.5, 0.6) is 0 Å². The molecular weight excluding hydrogens is 501 g/mol. The second-order valence-electron chi connectivity index (χ2n) is 8.02. The van der Waals surface area contributed by atoms with Crippen LogP contribution in [0.3, 0.4) is 0 Å². The van der Waals surface area contributed by atoms with Crippen LogP contribution in [-0.2, 0) is 20.7 Å². The third-order valence-corrected chi connectivity index (χ3v) is 6.99. The van der Waals surface area contributed by atoms with Crippen molar-refractivity contribution >= 4 is 57.8 Å². The molecule has 1 aliphatic rings. The van der Waals surface area contributed by atoms with Gasteiger partial charge in [0.15, 0.2) is 5.11 Å². The van der Waals surface area contributed by atoms with Gasteiger partial charge in [0.25, 0.3) is 5.91 Å². The molecule has 1 aromatic heterocycles. The van der Waals surface area contributed by atoms with E-state index >= 15 is 0 Å². The summed E-state index contributed by atoms with van der Waals surface area (Å²) in [6.45, 7) is 2.44. The zero-order chi connectivity index (χ0) is 25.7. The Labute approximate surface area is 217 Å². The molecule has 2 amide bonds. The van der Waals surface area contributed by atoms with Crippen molar-refractivity contribution in [2.75, 3.05) is 23.4 Å². The van der Waals surface area contributed by atoms with E-state index in [9.17, 15) is 18.8 Å². The Morgan fingerprint density at radius 3 is 2.47 bits per heavy atom. The first-order chi connectivity index (χ1) is 17.4. The molecule has 1 N–H and O–H groups in total. The molecule has 2 heterocycles. The lowest BCUT2D eigenvalue weighted by atomic mass is 10.1. The minimum Gasteiger partial charge on any atom is -0.462 e. The largest absolute Gasteiger partial charge is 0.462 e. The first-order valence-corrected chi connectivity index (χ1v) is 12.7. The van der Waals surface area contributed by atoms with Crippen LogP contribution in [0.15, 0.2) is 66.0 Å². The Balaban J connectivity index is 1.54. The quantitative estimate of drug-likeness (QED) is 0.324. The number of carbonyl (C=O) groups excluding carboxylic acids is 3. The highest BCUT2D eigenvalue weighted by Gasteiger charge is 2.44. The number of rotatable bonds is 9. The summed E-state index contributed by atoms with van der Waals surface area (Å²) in [6.07, 6.45) is 0.537. The Hall–Kier alpha value is -3.63. The van der Waals surface area contributed by atoms with Crippen LogP contribution >= 0.6 is 23.6 Å². The lowest BCUT2D eigenvalue weighted by molar-refractivity contribution is -0.124. The van der Waals surface area contributed by atoms with Gasteiger partial charge in [0, 0.05) is 17.1 Å². The summed E-state index contributed by atoms with van der Waals surface area (Å²) in [7, 11) is 0. The number of esters is 1. The third-order valence-electron chi connectivity index (χ3n) is 5.64.